The fourth-order valence-corrected chi connectivity index (χ4v) is 1.65. The van der Waals surface area contributed by atoms with E-state index in [0.717, 1.165) is 18.2 Å². The van der Waals surface area contributed by atoms with Crippen LogP contribution in [0.25, 0.3) is 0 Å². The van der Waals surface area contributed by atoms with Crippen LogP contribution in [0.2, 0.25) is 0 Å². The number of nitrogens with zero attached hydrogens (tertiary/aromatic N) is 1. The molecule has 0 aliphatic carbocycles. The van der Waals surface area contributed by atoms with E-state index in [2.05, 4.69) is 5.32 Å². The van der Waals surface area contributed by atoms with Gasteiger partial charge in [-0.2, -0.15) is 5.26 Å². The second kappa shape index (κ2) is 5.54. The van der Waals surface area contributed by atoms with Gasteiger partial charge in [0.1, 0.15) is 11.6 Å². The molecule has 0 unspecified atom stereocenters. The van der Waals surface area contributed by atoms with E-state index in [1.54, 1.807) is 6.07 Å². The third-order valence-electron chi connectivity index (χ3n) is 2.66. The minimum absolute atomic E-state index is 0.0617. The SMILES string of the molecule is N#Cc1ccc(NC(=O)c2cc(F)cc(N)c2F)c(F)c1. The van der Waals surface area contributed by atoms with Crippen molar-refractivity contribution in [1.82, 2.24) is 0 Å². The molecule has 7 heteroatoms. The van der Waals surface area contributed by atoms with Crippen LogP contribution in [0.1, 0.15) is 15.9 Å². The monoisotopic (exact) mass is 291 g/mol. The first-order valence-electron chi connectivity index (χ1n) is 5.68. The number of halogens is 3. The molecule has 0 heterocycles. The number of nitrogens with one attached hydrogen (secondary N) is 1. The molecule has 21 heavy (non-hydrogen) atoms. The first-order chi connectivity index (χ1) is 9.92. The van der Waals surface area contributed by atoms with Crippen LogP contribution in [0.3, 0.4) is 0 Å². The number of nitriles is 1. The van der Waals surface area contributed by atoms with Crippen molar-refractivity contribution in [1.29, 1.82) is 5.26 Å². The molecule has 0 atom stereocenters. The summed E-state index contributed by atoms with van der Waals surface area (Å²) in [5.74, 6) is -3.91. The number of benzene rings is 2. The van der Waals surface area contributed by atoms with E-state index in [0.29, 0.717) is 6.07 Å². The van der Waals surface area contributed by atoms with E-state index >= 15 is 0 Å². The van der Waals surface area contributed by atoms with Gasteiger partial charge in [-0.05, 0) is 30.3 Å². The Balaban J connectivity index is 2.33. The van der Waals surface area contributed by atoms with E-state index in [-0.39, 0.29) is 11.3 Å². The second-order valence-corrected chi connectivity index (χ2v) is 4.12. The highest BCUT2D eigenvalue weighted by Gasteiger charge is 2.17. The number of carbonyl (C=O) groups is 1. The third-order valence-corrected chi connectivity index (χ3v) is 2.66. The van der Waals surface area contributed by atoms with Crippen molar-refractivity contribution in [3.63, 3.8) is 0 Å². The molecule has 4 nitrogen and oxygen atoms in total. The lowest BCUT2D eigenvalue weighted by atomic mass is 10.1. The lowest BCUT2D eigenvalue weighted by Crippen LogP contribution is -2.16. The Hall–Kier alpha value is -3.01. The van der Waals surface area contributed by atoms with Crippen molar-refractivity contribution in [2.75, 3.05) is 11.1 Å². The number of carbonyl (C=O) groups excluding carboxylic acids is 1. The molecule has 0 saturated heterocycles. The lowest BCUT2D eigenvalue weighted by Gasteiger charge is -2.08. The highest BCUT2D eigenvalue weighted by molar-refractivity contribution is 6.05. The second-order valence-electron chi connectivity index (χ2n) is 4.12. The number of amides is 1. The Morgan fingerprint density at radius 1 is 1.19 bits per heavy atom. The van der Waals surface area contributed by atoms with Gasteiger partial charge in [0, 0.05) is 0 Å². The van der Waals surface area contributed by atoms with Crippen molar-refractivity contribution < 1.29 is 18.0 Å². The zero-order valence-electron chi connectivity index (χ0n) is 10.5. The van der Waals surface area contributed by atoms with Crippen molar-refractivity contribution in [2.45, 2.75) is 0 Å². The van der Waals surface area contributed by atoms with Crippen LogP contribution in [-0.4, -0.2) is 5.91 Å². The minimum Gasteiger partial charge on any atom is -0.396 e. The molecule has 0 spiro atoms. The minimum atomic E-state index is -1.09. The molecule has 2 rings (SSSR count). The normalized spacial score (nSPS) is 10.0. The maximum atomic E-state index is 13.7. The molecule has 106 valence electrons. The highest BCUT2D eigenvalue weighted by Crippen LogP contribution is 2.20. The standard InChI is InChI=1S/C14H8F3N3O/c15-8-4-9(13(17)11(19)5-8)14(21)20-12-2-1-7(6-18)3-10(12)16/h1-5H,19H2,(H,20,21). The number of nitrogen functional groups attached to an aromatic ring is 1. The number of anilines is 2. The van der Waals surface area contributed by atoms with Crippen LogP contribution in [0.5, 0.6) is 0 Å². The van der Waals surface area contributed by atoms with Gasteiger partial charge in [-0.15, -0.1) is 0 Å². The van der Waals surface area contributed by atoms with Crippen LogP contribution < -0.4 is 11.1 Å². The predicted molar refractivity (Wildman–Crippen MR) is 69.8 cm³/mol. The first kappa shape index (κ1) is 14.4. The Morgan fingerprint density at radius 3 is 2.52 bits per heavy atom. The van der Waals surface area contributed by atoms with Crippen LogP contribution in [0.15, 0.2) is 30.3 Å². The molecule has 0 radical (unpaired) electrons. The summed E-state index contributed by atoms with van der Waals surface area (Å²) in [5, 5.41) is 10.7. The van der Waals surface area contributed by atoms with Gasteiger partial charge in [0.15, 0.2) is 5.82 Å². The lowest BCUT2D eigenvalue weighted by molar-refractivity contribution is 0.102. The van der Waals surface area contributed by atoms with Gasteiger partial charge in [-0.1, -0.05) is 0 Å². The summed E-state index contributed by atoms with van der Waals surface area (Å²) in [6.07, 6.45) is 0. The maximum absolute atomic E-state index is 13.7. The topological polar surface area (TPSA) is 78.9 Å². The molecule has 0 fully saturated rings. The van der Waals surface area contributed by atoms with E-state index < -0.39 is 34.6 Å². The third kappa shape index (κ3) is 2.95. The average Bonchev–Trinajstić information content (AvgIpc) is 2.44. The quantitative estimate of drug-likeness (QED) is 0.835. The Bertz CT molecular complexity index is 769. The number of hydrogen-bond acceptors (Lipinski definition) is 3. The van der Waals surface area contributed by atoms with Crippen molar-refractivity contribution in [3.05, 3.63) is 58.9 Å². The molecule has 0 saturated carbocycles. The van der Waals surface area contributed by atoms with E-state index in [1.807, 2.05) is 0 Å². The van der Waals surface area contributed by atoms with Crippen LogP contribution in [0, 0.1) is 28.8 Å². The highest BCUT2D eigenvalue weighted by atomic mass is 19.1. The Labute approximate surface area is 117 Å². The van der Waals surface area contributed by atoms with Crippen molar-refractivity contribution in [3.8, 4) is 6.07 Å². The number of hydrogen-bond donors (Lipinski definition) is 2. The fraction of sp³-hybridized carbons (Fsp3) is 0. The van der Waals surface area contributed by atoms with Gasteiger partial charge in [0.25, 0.3) is 5.91 Å². The summed E-state index contributed by atoms with van der Waals surface area (Å²) >= 11 is 0. The Kier molecular flexibility index (Phi) is 3.80. The van der Waals surface area contributed by atoms with Crippen molar-refractivity contribution in [2.24, 2.45) is 0 Å². The zero-order chi connectivity index (χ0) is 15.6. The molecular weight excluding hydrogens is 283 g/mol. The van der Waals surface area contributed by atoms with E-state index in [4.69, 9.17) is 11.0 Å². The first-order valence-corrected chi connectivity index (χ1v) is 5.68. The van der Waals surface area contributed by atoms with Gasteiger partial charge in [0.2, 0.25) is 0 Å². The molecule has 0 aromatic heterocycles. The zero-order valence-corrected chi connectivity index (χ0v) is 10.5. The molecule has 2 aromatic rings. The molecule has 3 N–H and O–H groups in total. The average molecular weight is 291 g/mol. The Morgan fingerprint density at radius 2 is 1.90 bits per heavy atom. The molecular formula is C14H8F3N3O. The van der Waals surface area contributed by atoms with Gasteiger partial charge in [-0.3, -0.25) is 4.79 Å². The molecule has 0 bridgehead atoms. The van der Waals surface area contributed by atoms with Crippen molar-refractivity contribution >= 4 is 17.3 Å². The van der Waals surface area contributed by atoms with Crippen LogP contribution >= 0.6 is 0 Å². The predicted octanol–water partition coefficient (Wildman–Crippen LogP) is 2.81. The van der Waals surface area contributed by atoms with Gasteiger partial charge >= 0.3 is 0 Å². The fourth-order valence-electron chi connectivity index (χ4n) is 1.65. The maximum Gasteiger partial charge on any atom is 0.258 e. The summed E-state index contributed by atoms with van der Waals surface area (Å²) in [6.45, 7) is 0. The van der Waals surface area contributed by atoms with E-state index in [1.165, 1.54) is 6.07 Å². The smallest absolute Gasteiger partial charge is 0.258 e. The van der Waals surface area contributed by atoms with Gasteiger partial charge in [0.05, 0.1) is 28.6 Å². The summed E-state index contributed by atoms with van der Waals surface area (Å²) < 4.78 is 40.4. The summed E-state index contributed by atoms with van der Waals surface area (Å²) in [6, 6.07) is 6.44. The van der Waals surface area contributed by atoms with Gasteiger partial charge < -0.3 is 11.1 Å². The molecule has 0 aliphatic rings. The summed E-state index contributed by atoms with van der Waals surface area (Å²) in [7, 11) is 0. The number of rotatable bonds is 2. The van der Waals surface area contributed by atoms with E-state index in [9.17, 15) is 18.0 Å². The molecule has 0 aliphatic heterocycles. The summed E-state index contributed by atoms with van der Waals surface area (Å²) in [5.41, 5.74) is 3.84. The summed E-state index contributed by atoms with van der Waals surface area (Å²) in [4.78, 5) is 11.8. The molecule has 2 aromatic carbocycles. The van der Waals surface area contributed by atoms with Gasteiger partial charge in [-0.25, -0.2) is 13.2 Å². The van der Waals surface area contributed by atoms with Crippen LogP contribution in [0.4, 0.5) is 24.5 Å². The largest absolute Gasteiger partial charge is 0.396 e. The molecule has 1 amide bonds. The number of nitrogens with two attached hydrogens (primary N) is 1. The van der Waals surface area contributed by atoms with Crippen LogP contribution in [-0.2, 0) is 0 Å².